The van der Waals surface area contributed by atoms with Gasteiger partial charge in [-0.2, -0.15) is 0 Å². The Labute approximate surface area is 69.6 Å². The molecule has 0 aromatic carbocycles. The minimum atomic E-state index is -0.350. The first kappa shape index (κ1) is 7.09. The lowest BCUT2D eigenvalue weighted by Crippen LogP contribution is -2.12. The Hall–Kier alpha value is -1.58. The van der Waals surface area contributed by atoms with Gasteiger partial charge in [-0.25, -0.2) is 4.79 Å². The number of hydrogen-bond donors (Lipinski definition) is 1. The van der Waals surface area contributed by atoms with Crippen molar-refractivity contribution in [3.63, 3.8) is 0 Å². The Balaban J connectivity index is 2.16. The number of aromatic nitrogens is 1. The standard InChI is InChI=1S/C8H8N2O2/c11-8-10-5-7(12-8)6-1-3-9-4-2-6/h1-4,7H,5H2,(H,10,11)/t7-/m1/s1. The summed E-state index contributed by atoms with van der Waals surface area (Å²) >= 11 is 0. The molecule has 1 N–H and O–H groups in total. The Morgan fingerprint density at radius 3 is 2.83 bits per heavy atom. The second-order valence-corrected chi connectivity index (χ2v) is 2.56. The van der Waals surface area contributed by atoms with Crippen molar-refractivity contribution in [3.05, 3.63) is 30.1 Å². The molecular formula is C8H8N2O2. The van der Waals surface area contributed by atoms with Gasteiger partial charge in [0.05, 0.1) is 6.54 Å². The zero-order valence-electron chi connectivity index (χ0n) is 6.36. The van der Waals surface area contributed by atoms with Crippen LogP contribution in [0.25, 0.3) is 0 Å². The van der Waals surface area contributed by atoms with Crippen LogP contribution in [0.1, 0.15) is 11.7 Å². The van der Waals surface area contributed by atoms with Crippen LogP contribution >= 0.6 is 0 Å². The van der Waals surface area contributed by atoms with Crippen LogP contribution in [0.4, 0.5) is 4.79 Å². The summed E-state index contributed by atoms with van der Waals surface area (Å²) in [5.74, 6) is 0. The molecule has 0 radical (unpaired) electrons. The van der Waals surface area contributed by atoms with Crippen molar-refractivity contribution in [2.24, 2.45) is 0 Å². The molecule has 1 saturated heterocycles. The highest BCUT2D eigenvalue weighted by atomic mass is 16.6. The molecule has 1 aromatic rings. The average Bonchev–Trinajstić information content (AvgIpc) is 2.54. The first-order chi connectivity index (χ1) is 5.86. The molecule has 0 spiro atoms. The third-order valence-electron chi connectivity index (χ3n) is 1.76. The number of nitrogens with one attached hydrogen (secondary N) is 1. The summed E-state index contributed by atoms with van der Waals surface area (Å²) in [6.45, 7) is 0.544. The molecule has 12 heavy (non-hydrogen) atoms. The van der Waals surface area contributed by atoms with Crippen molar-refractivity contribution in [3.8, 4) is 0 Å². The molecule has 1 aliphatic rings. The smallest absolute Gasteiger partial charge is 0.407 e. The number of ether oxygens (including phenoxy) is 1. The zero-order valence-corrected chi connectivity index (χ0v) is 6.36. The Bertz CT molecular complexity index is 286. The molecule has 1 amide bonds. The number of cyclic esters (lactones) is 1. The Kier molecular flexibility index (Phi) is 1.66. The summed E-state index contributed by atoms with van der Waals surface area (Å²) in [5.41, 5.74) is 0.975. The molecule has 1 aromatic heterocycles. The van der Waals surface area contributed by atoms with Crippen LogP contribution in [-0.4, -0.2) is 17.6 Å². The average molecular weight is 164 g/mol. The number of rotatable bonds is 1. The Morgan fingerprint density at radius 2 is 2.25 bits per heavy atom. The van der Waals surface area contributed by atoms with Gasteiger partial charge in [0.15, 0.2) is 0 Å². The van der Waals surface area contributed by atoms with Gasteiger partial charge in [-0.1, -0.05) is 0 Å². The van der Waals surface area contributed by atoms with Crippen LogP contribution in [0.15, 0.2) is 24.5 Å². The van der Waals surface area contributed by atoms with E-state index in [1.54, 1.807) is 12.4 Å². The first-order valence-corrected chi connectivity index (χ1v) is 3.70. The summed E-state index contributed by atoms with van der Waals surface area (Å²) in [4.78, 5) is 14.6. The van der Waals surface area contributed by atoms with Crippen molar-refractivity contribution < 1.29 is 9.53 Å². The fourth-order valence-corrected chi connectivity index (χ4v) is 1.15. The van der Waals surface area contributed by atoms with Gasteiger partial charge in [0.1, 0.15) is 6.10 Å². The molecule has 4 heteroatoms. The largest absolute Gasteiger partial charge is 0.439 e. The SMILES string of the molecule is O=C1NC[C@H](c2ccncc2)O1. The molecule has 1 fully saturated rings. The first-order valence-electron chi connectivity index (χ1n) is 3.70. The van der Waals surface area contributed by atoms with Crippen LogP contribution in [0.3, 0.4) is 0 Å². The number of alkyl carbamates (subject to hydrolysis) is 1. The minimum Gasteiger partial charge on any atom is -0.439 e. The van der Waals surface area contributed by atoms with Crippen molar-refractivity contribution in [1.82, 2.24) is 10.3 Å². The maximum absolute atomic E-state index is 10.7. The van der Waals surface area contributed by atoms with Crippen molar-refractivity contribution in [2.75, 3.05) is 6.54 Å². The molecule has 2 heterocycles. The summed E-state index contributed by atoms with van der Waals surface area (Å²) in [6, 6.07) is 3.68. The van der Waals surface area contributed by atoms with E-state index in [0.29, 0.717) is 6.54 Å². The topological polar surface area (TPSA) is 51.2 Å². The molecular weight excluding hydrogens is 156 g/mol. The van der Waals surface area contributed by atoms with Crippen molar-refractivity contribution >= 4 is 6.09 Å². The molecule has 0 saturated carbocycles. The second kappa shape index (κ2) is 2.81. The molecule has 62 valence electrons. The summed E-state index contributed by atoms with van der Waals surface area (Å²) in [7, 11) is 0. The minimum absolute atomic E-state index is 0.152. The molecule has 2 rings (SSSR count). The van der Waals surface area contributed by atoms with Gasteiger partial charge in [-0.15, -0.1) is 0 Å². The number of hydrogen-bond acceptors (Lipinski definition) is 3. The van der Waals surface area contributed by atoms with Crippen molar-refractivity contribution in [2.45, 2.75) is 6.10 Å². The molecule has 1 aliphatic heterocycles. The highest BCUT2D eigenvalue weighted by Crippen LogP contribution is 2.19. The fourth-order valence-electron chi connectivity index (χ4n) is 1.15. The van der Waals surface area contributed by atoms with E-state index in [0.717, 1.165) is 5.56 Å². The van der Waals surface area contributed by atoms with E-state index in [2.05, 4.69) is 10.3 Å². The zero-order chi connectivity index (χ0) is 8.39. The van der Waals surface area contributed by atoms with Crippen molar-refractivity contribution in [1.29, 1.82) is 0 Å². The van der Waals surface area contributed by atoms with Crippen LogP contribution < -0.4 is 5.32 Å². The molecule has 4 nitrogen and oxygen atoms in total. The van der Waals surface area contributed by atoms with E-state index in [9.17, 15) is 4.79 Å². The molecule has 0 unspecified atom stereocenters. The maximum Gasteiger partial charge on any atom is 0.407 e. The fraction of sp³-hybridized carbons (Fsp3) is 0.250. The third-order valence-corrected chi connectivity index (χ3v) is 1.76. The number of amides is 1. The van der Waals surface area contributed by atoms with Crippen LogP contribution in [0, 0.1) is 0 Å². The summed E-state index contributed by atoms with van der Waals surface area (Å²) in [6.07, 6.45) is 2.86. The van der Waals surface area contributed by atoms with E-state index < -0.39 is 0 Å². The number of pyridine rings is 1. The highest BCUT2D eigenvalue weighted by Gasteiger charge is 2.23. The van der Waals surface area contributed by atoms with Gasteiger partial charge in [-0.05, 0) is 17.7 Å². The molecule has 0 bridgehead atoms. The van der Waals surface area contributed by atoms with Gasteiger partial charge in [-0.3, -0.25) is 4.98 Å². The Morgan fingerprint density at radius 1 is 1.50 bits per heavy atom. The van der Waals surface area contributed by atoms with E-state index in [-0.39, 0.29) is 12.2 Å². The lowest BCUT2D eigenvalue weighted by atomic mass is 10.1. The lowest BCUT2D eigenvalue weighted by Gasteiger charge is -2.05. The maximum atomic E-state index is 10.7. The highest BCUT2D eigenvalue weighted by molar-refractivity contribution is 5.69. The van der Waals surface area contributed by atoms with E-state index in [1.807, 2.05) is 12.1 Å². The summed E-state index contributed by atoms with van der Waals surface area (Å²) < 4.78 is 4.97. The van der Waals surface area contributed by atoms with E-state index in [1.165, 1.54) is 0 Å². The number of carbonyl (C=O) groups excluding carboxylic acids is 1. The monoisotopic (exact) mass is 164 g/mol. The van der Waals surface area contributed by atoms with Gasteiger partial charge in [0.25, 0.3) is 0 Å². The molecule has 1 atom stereocenters. The quantitative estimate of drug-likeness (QED) is 0.669. The van der Waals surface area contributed by atoms with Crippen LogP contribution in [0.5, 0.6) is 0 Å². The van der Waals surface area contributed by atoms with Gasteiger partial charge >= 0.3 is 6.09 Å². The third kappa shape index (κ3) is 1.23. The van der Waals surface area contributed by atoms with E-state index in [4.69, 9.17) is 4.74 Å². The van der Waals surface area contributed by atoms with Gasteiger partial charge in [0.2, 0.25) is 0 Å². The second-order valence-electron chi connectivity index (χ2n) is 2.56. The predicted molar refractivity (Wildman–Crippen MR) is 41.5 cm³/mol. The normalized spacial score (nSPS) is 21.7. The predicted octanol–water partition coefficient (Wildman–Crippen LogP) is 0.863. The number of carbonyl (C=O) groups is 1. The van der Waals surface area contributed by atoms with Gasteiger partial charge in [0, 0.05) is 12.4 Å². The molecule has 0 aliphatic carbocycles. The number of nitrogens with zero attached hydrogens (tertiary/aromatic N) is 1. The lowest BCUT2D eigenvalue weighted by molar-refractivity contribution is 0.141. The van der Waals surface area contributed by atoms with E-state index >= 15 is 0 Å². The van der Waals surface area contributed by atoms with Crippen LogP contribution in [0.2, 0.25) is 0 Å². The van der Waals surface area contributed by atoms with Crippen LogP contribution in [-0.2, 0) is 4.74 Å². The summed E-state index contributed by atoms with van der Waals surface area (Å²) in [5, 5.41) is 2.59. The van der Waals surface area contributed by atoms with Gasteiger partial charge < -0.3 is 10.1 Å².